The summed E-state index contributed by atoms with van der Waals surface area (Å²) in [5.74, 6) is -0.0161. The fourth-order valence-corrected chi connectivity index (χ4v) is 4.95. The predicted molar refractivity (Wildman–Crippen MR) is 137 cm³/mol. The quantitative estimate of drug-likeness (QED) is 0.343. The molecule has 3 aromatic carbocycles. The second-order valence-corrected chi connectivity index (χ2v) is 9.16. The van der Waals surface area contributed by atoms with Gasteiger partial charge in [0.05, 0.1) is 19.8 Å². The summed E-state index contributed by atoms with van der Waals surface area (Å²) in [6.07, 6.45) is 2.85. The van der Waals surface area contributed by atoms with E-state index in [1.165, 1.54) is 27.8 Å². The van der Waals surface area contributed by atoms with Crippen LogP contribution in [0.15, 0.2) is 78.6 Å². The number of carbonyl (C=O) groups is 1. The Hall–Kier alpha value is -3.45. The first-order valence-corrected chi connectivity index (χ1v) is 12.3. The normalized spacial score (nSPS) is 18.1. The zero-order chi connectivity index (χ0) is 24.9. The van der Waals surface area contributed by atoms with E-state index in [4.69, 9.17) is 14.2 Å². The van der Waals surface area contributed by atoms with Gasteiger partial charge in [0.25, 0.3) is 5.91 Å². The van der Waals surface area contributed by atoms with E-state index in [0.29, 0.717) is 26.2 Å². The highest BCUT2D eigenvalue weighted by Crippen LogP contribution is 2.42. The minimum Gasteiger partial charge on any atom is -0.459 e. The first-order valence-electron chi connectivity index (χ1n) is 12.3. The molecular weight excluding hydrogens is 454 g/mol. The number of hydrogen-bond acceptors (Lipinski definition) is 5. The van der Waals surface area contributed by atoms with Crippen molar-refractivity contribution in [3.63, 3.8) is 0 Å². The minimum absolute atomic E-state index is 0.00611. The largest absolute Gasteiger partial charge is 0.459 e. The van der Waals surface area contributed by atoms with Crippen molar-refractivity contribution in [1.82, 2.24) is 5.32 Å². The molecule has 1 heterocycles. The molecule has 0 spiro atoms. The Morgan fingerprint density at radius 2 is 1.81 bits per heavy atom. The van der Waals surface area contributed by atoms with Crippen LogP contribution in [0.4, 0.5) is 0 Å². The van der Waals surface area contributed by atoms with Crippen LogP contribution in [-0.4, -0.2) is 37.6 Å². The van der Waals surface area contributed by atoms with Gasteiger partial charge in [-0.05, 0) is 51.4 Å². The number of fused-ring (bicyclic) bond motifs is 3. The maximum Gasteiger partial charge on any atom is 0.286 e. The molecular formula is C30H31NO5. The van der Waals surface area contributed by atoms with Crippen molar-refractivity contribution in [2.24, 2.45) is 0 Å². The summed E-state index contributed by atoms with van der Waals surface area (Å²) in [5, 5.41) is 12.1. The number of aliphatic hydroxyl groups excluding tert-OH is 1. The molecule has 6 nitrogen and oxygen atoms in total. The summed E-state index contributed by atoms with van der Waals surface area (Å²) in [6.45, 7) is 1.18. The Bertz CT molecular complexity index is 1250. The fourth-order valence-electron chi connectivity index (χ4n) is 4.95. The van der Waals surface area contributed by atoms with E-state index in [1.54, 1.807) is 7.11 Å². The molecule has 0 saturated carbocycles. The number of carbonyl (C=O) groups excluding carboxylic acids is 1. The third-order valence-corrected chi connectivity index (χ3v) is 6.80. The highest BCUT2D eigenvalue weighted by molar-refractivity contribution is 5.91. The molecule has 36 heavy (non-hydrogen) atoms. The van der Waals surface area contributed by atoms with E-state index < -0.39 is 6.29 Å². The van der Waals surface area contributed by atoms with E-state index in [9.17, 15) is 9.90 Å². The third-order valence-electron chi connectivity index (χ3n) is 6.80. The lowest BCUT2D eigenvalue weighted by Crippen LogP contribution is -2.34. The average molecular weight is 486 g/mol. The summed E-state index contributed by atoms with van der Waals surface area (Å²) in [5.41, 5.74) is 8.20. The smallest absolute Gasteiger partial charge is 0.286 e. The number of nitrogens with one attached hydrogen (secondary N) is 1. The maximum absolute atomic E-state index is 12.9. The third kappa shape index (κ3) is 5.21. The molecule has 6 heteroatoms. The van der Waals surface area contributed by atoms with Crippen molar-refractivity contribution in [1.29, 1.82) is 0 Å². The van der Waals surface area contributed by atoms with Crippen molar-refractivity contribution in [2.75, 3.05) is 20.3 Å². The molecule has 186 valence electrons. The first kappa shape index (κ1) is 24.3. The van der Waals surface area contributed by atoms with E-state index in [1.807, 2.05) is 30.3 Å². The molecule has 1 amide bonds. The maximum atomic E-state index is 12.9. The van der Waals surface area contributed by atoms with Crippen LogP contribution in [0.25, 0.3) is 11.1 Å². The van der Waals surface area contributed by atoms with Gasteiger partial charge >= 0.3 is 0 Å². The zero-order valence-corrected chi connectivity index (χ0v) is 20.4. The number of ether oxygens (including phenoxy) is 3. The first-order chi connectivity index (χ1) is 17.7. The molecule has 0 radical (unpaired) electrons. The van der Waals surface area contributed by atoms with E-state index in [0.717, 1.165) is 17.5 Å². The van der Waals surface area contributed by atoms with Crippen LogP contribution in [0.2, 0.25) is 0 Å². The van der Waals surface area contributed by atoms with Gasteiger partial charge in [-0.1, -0.05) is 66.7 Å². The molecule has 1 aliphatic heterocycles. The van der Waals surface area contributed by atoms with Gasteiger partial charge in [-0.15, -0.1) is 0 Å². The molecule has 2 aliphatic rings. The van der Waals surface area contributed by atoms with Gasteiger partial charge in [0.2, 0.25) is 6.29 Å². The van der Waals surface area contributed by atoms with Crippen LogP contribution in [0.3, 0.4) is 0 Å². The number of methoxy groups -OCH3 is 1. The van der Waals surface area contributed by atoms with Gasteiger partial charge in [-0.2, -0.15) is 0 Å². The van der Waals surface area contributed by atoms with Crippen molar-refractivity contribution in [3.8, 4) is 11.1 Å². The van der Waals surface area contributed by atoms with Crippen molar-refractivity contribution in [3.05, 3.63) is 106 Å². The second kappa shape index (κ2) is 11.1. The molecule has 2 atom stereocenters. The van der Waals surface area contributed by atoms with Crippen LogP contribution in [0, 0.1) is 0 Å². The van der Waals surface area contributed by atoms with Gasteiger partial charge in [0.15, 0.2) is 5.76 Å². The van der Waals surface area contributed by atoms with Gasteiger partial charge in [0.1, 0.15) is 0 Å². The zero-order valence-electron chi connectivity index (χ0n) is 20.4. The lowest BCUT2D eigenvalue weighted by molar-refractivity contribution is -0.150. The second-order valence-electron chi connectivity index (χ2n) is 9.16. The van der Waals surface area contributed by atoms with Crippen LogP contribution in [-0.2, 0) is 38.6 Å². The Kier molecular flexibility index (Phi) is 7.47. The van der Waals surface area contributed by atoms with Crippen molar-refractivity contribution in [2.45, 2.75) is 38.3 Å². The van der Waals surface area contributed by atoms with E-state index >= 15 is 0 Å². The molecule has 0 bridgehead atoms. The summed E-state index contributed by atoms with van der Waals surface area (Å²) < 4.78 is 17.2. The van der Waals surface area contributed by atoms with Crippen LogP contribution < -0.4 is 5.32 Å². The van der Waals surface area contributed by atoms with E-state index in [-0.39, 0.29) is 24.2 Å². The van der Waals surface area contributed by atoms with Crippen LogP contribution >= 0.6 is 0 Å². The molecule has 1 aliphatic carbocycles. The highest BCUT2D eigenvalue weighted by Gasteiger charge is 2.31. The molecule has 0 fully saturated rings. The molecule has 0 saturated heterocycles. The molecule has 3 aromatic rings. The Balaban J connectivity index is 1.39. The Morgan fingerprint density at radius 3 is 2.61 bits per heavy atom. The van der Waals surface area contributed by atoms with Crippen molar-refractivity contribution >= 4 is 5.91 Å². The van der Waals surface area contributed by atoms with Gasteiger partial charge in [-0.25, -0.2) is 0 Å². The Labute approximate surface area is 211 Å². The molecule has 0 unspecified atom stereocenters. The summed E-state index contributed by atoms with van der Waals surface area (Å²) in [4.78, 5) is 12.9. The summed E-state index contributed by atoms with van der Waals surface area (Å²) in [6, 6.07) is 22.6. The lowest BCUT2D eigenvalue weighted by Gasteiger charge is -2.30. The van der Waals surface area contributed by atoms with Crippen LogP contribution in [0.1, 0.15) is 40.2 Å². The number of aliphatic hydroxyl groups is 1. The van der Waals surface area contributed by atoms with Gasteiger partial charge < -0.3 is 24.6 Å². The van der Waals surface area contributed by atoms with Gasteiger partial charge in [0, 0.05) is 26.0 Å². The summed E-state index contributed by atoms with van der Waals surface area (Å²) >= 11 is 0. The Morgan fingerprint density at radius 1 is 1.03 bits per heavy atom. The van der Waals surface area contributed by atoms with Gasteiger partial charge in [-0.3, -0.25) is 4.79 Å². The molecule has 2 N–H and O–H groups in total. The highest BCUT2D eigenvalue weighted by atomic mass is 16.7. The number of hydrogen-bond donors (Lipinski definition) is 2. The fraction of sp³-hybridized carbons (Fsp3) is 0.300. The number of benzene rings is 3. The monoisotopic (exact) mass is 485 g/mol. The number of rotatable bonds is 9. The predicted octanol–water partition coefficient (Wildman–Crippen LogP) is 4.44. The summed E-state index contributed by atoms with van der Waals surface area (Å²) in [7, 11) is 1.60. The number of amides is 1. The minimum atomic E-state index is -0.569. The SMILES string of the molecule is COCCNC(=O)C1=C[C@H](c2cccc3c2Cc2ccccc2-3)C[C@H](OCc2ccc(CO)cc2)O1. The lowest BCUT2D eigenvalue weighted by atomic mass is 9.87. The molecule has 0 aromatic heterocycles. The average Bonchev–Trinajstić information content (AvgIpc) is 3.31. The standard InChI is InChI=1S/C30H31NO5/c1-34-14-13-31-30(33)28-16-23(17-29(36-28)35-19-21-11-9-20(18-32)10-12-21)25-7-4-8-26-24-6-3-2-5-22(24)15-27(25)26/h2-12,16,23,29,32H,13-15,17-19H2,1H3,(H,31,33)/t23-,29+/m0/s1. The van der Waals surface area contributed by atoms with Crippen LogP contribution in [0.5, 0.6) is 0 Å². The van der Waals surface area contributed by atoms with Crippen molar-refractivity contribution < 1.29 is 24.1 Å². The number of allylic oxidation sites excluding steroid dienone is 1. The topological polar surface area (TPSA) is 77.0 Å². The van der Waals surface area contributed by atoms with E-state index in [2.05, 4.69) is 47.8 Å². The molecule has 5 rings (SSSR count).